The standard InChI is InChI=1S/C26H30N4O4/c1-3-26(32,27-2)22-14-17(10-13-34-22)24-23(16-8-11-33-12-9-16)19-15-20(29-30-25(19)28-24)18-6-4-5-7-21(18)31/h3-7,15-17,22,31-32H,1-2,8-14H2,(H,28,30)/t17-,22?,26?/m1/s1. The first kappa shape index (κ1) is 22.7. The van der Waals surface area contributed by atoms with Gasteiger partial charge in [-0.25, -0.2) is 0 Å². The summed E-state index contributed by atoms with van der Waals surface area (Å²) in [6.07, 6.45) is 4.09. The number of para-hydroxylation sites is 1. The fourth-order valence-electron chi connectivity index (χ4n) is 5.25. The maximum absolute atomic E-state index is 10.8. The van der Waals surface area contributed by atoms with E-state index in [2.05, 4.69) is 33.5 Å². The molecule has 0 saturated carbocycles. The van der Waals surface area contributed by atoms with Crippen molar-refractivity contribution in [3.63, 3.8) is 0 Å². The van der Waals surface area contributed by atoms with Gasteiger partial charge in [0.1, 0.15) is 11.9 Å². The Morgan fingerprint density at radius 1 is 1.12 bits per heavy atom. The maximum atomic E-state index is 10.8. The zero-order chi connectivity index (χ0) is 23.7. The number of hydrogen-bond acceptors (Lipinski definition) is 7. The van der Waals surface area contributed by atoms with Crippen LogP contribution in [0.1, 0.15) is 48.8 Å². The molecule has 1 aromatic carbocycles. The van der Waals surface area contributed by atoms with E-state index >= 15 is 0 Å². The van der Waals surface area contributed by atoms with Crippen LogP contribution in [-0.2, 0) is 9.47 Å². The second kappa shape index (κ2) is 9.29. The lowest BCUT2D eigenvalue weighted by Crippen LogP contribution is -2.44. The number of benzene rings is 1. The highest BCUT2D eigenvalue weighted by molar-refractivity contribution is 5.86. The van der Waals surface area contributed by atoms with Gasteiger partial charge in [-0.1, -0.05) is 18.7 Å². The Hall–Kier alpha value is -3.07. The van der Waals surface area contributed by atoms with E-state index in [4.69, 9.17) is 9.47 Å². The highest BCUT2D eigenvalue weighted by atomic mass is 16.5. The summed E-state index contributed by atoms with van der Waals surface area (Å²) in [5.74, 6) is 0.607. The minimum atomic E-state index is -1.53. The van der Waals surface area contributed by atoms with Gasteiger partial charge < -0.3 is 24.7 Å². The third kappa shape index (κ3) is 4.02. The number of aliphatic imine (C=N–C) groups is 1. The molecule has 34 heavy (non-hydrogen) atoms. The van der Waals surface area contributed by atoms with Gasteiger partial charge in [-0.05, 0) is 68.2 Å². The first-order chi connectivity index (χ1) is 16.5. The number of nitrogens with zero attached hydrogens (tertiary/aromatic N) is 3. The van der Waals surface area contributed by atoms with E-state index in [0.29, 0.717) is 43.4 Å². The first-order valence-electron chi connectivity index (χ1n) is 11.7. The molecule has 2 aliphatic heterocycles. The van der Waals surface area contributed by atoms with Crippen LogP contribution in [0, 0.1) is 0 Å². The Kier molecular flexibility index (Phi) is 6.20. The van der Waals surface area contributed by atoms with Crippen molar-refractivity contribution >= 4 is 17.8 Å². The Morgan fingerprint density at radius 3 is 2.62 bits per heavy atom. The van der Waals surface area contributed by atoms with Crippen molar-refractivity contribution in [2.24, 2.45) is 4.99 Å². The molecule has 0 amide bonds. The largest absolute Gasteiger partial charge is 0.507 e. The molecule has 4 heterocycles. The summed E-state index contributed by atoms with van der Waals surface area (Å²) in [4.78, 5) is 7.43. The second-order valence-corrected chi connectivity index (χ2v) is 9.07. The summed E-state index contributed by atoms with van der Waals surface area (Å²) in [6, 6.07) is 9.18. The Morgan fingerprint density at radius 2 is 1.88 bits per heavy atom. The zero-order valence-corrected chi connectivity index (χ0v) is 19.1. The predicted molar refractivity (Wildman–Crippen MR) is 130 cm³/mol. The second-order valence-electron chi connectivity index (χ2n) is 9.07. The monoisotopic (exact) mass is 462 g/mol. The van der Waals surface area contributed by atoms with Gasteiger partial charge in [0.2, 0.25) is 5.72 Å². The molecular weight excluding hydrogens is 432 g/mol. The zero-order valence-electron chi connectivity index (χ0n) is 19.1. The number of fused-ring (bicyclic) bond motifs is 1. The summed E-state index contributed by atoms with van der Waals surface area (Å²) in [5.41, 5.74) is 2.81. The molecule has 2 saturated heterocycles. The van der Waals surface area contributed by atoms with Gasteiger partial charge in [0.25, 0.3) is 0 Å². The van der Waals surface area contributed by atoms with Crippen molar-refractivity contribution in [2.75, 3.05) is 19.8 Å². The van der Waals surface area contributed by atoms with Crippen molar-refractivity contribution in [3.8, 4) is 17.0 Å². The number of phenols is 1. The average Bonchev–Trinajstić information content (AvgIpc) is 3.28. The lowest BCUT2D eigenvalue weighted by Gasteiger charge is -2.37. The third-order valence-corrected chi connectivity index (χ3v) is 7.16. The molecule has 0 radical (unpaired) electrons. The number of rotatable bonds is 6. The first-order valence-corrected chi connectivity index (χ1v) is 11.7. The van der Waals surface area contributed by atoms with Gasteiger partial charge in [-0.15, -0.1) is 10.2 Å². The minimum absolute atomic E-state index is 0.118. The molecule has 2 aliphatic rings. The van der Waals surface area contributed by atoms with E-state index in [0.717, 1.165) is 36.0 Å². The lowest BCUT2D eigenvalue weighted by molar-refractivity contribution is -0.102. The third-order valence-electron chi connectivity index (χ3n) is 7.16. The molecule has 0 aliphatic carbocycles. The summed E-state index contributed by atoms with van der Waals surface area (Å²) in [6.45, 7) is 9.19. The maximum Gasteiger partial charge on any atom is 0.200 e. The molecule has 3 atom stereocenters. The molecule has 2 fully saturated rings. The van der Waals surface area contributed by atoms with Crippen LogP contribution >= 0.6 is 0 Å². The number of hydrogen-bond donors (Lipinski definition) is 3. The molecular formula is C26H30N4O4. The van der Waals surface area contributed by atoms with Gasteiger partial charge in [-0.2, -0.15) is 0 Å². The number of aliphatic hydroxyl groups is 1. The van der Waals surface area contributed by atoms with Crippen molar-refractivity contribution in [2.45, 2.75) is 49.3 Å². The molecule has 2 aromatic heterocycles. The number of aromatic hydroxyl groups is 1. The molecule has 0 bridgehead atoms. The van der Waals surface area contributed by atoms with Crippen molar-refractivity contribution in [3.05, 3.63) is 54.2 Å². The summed E-state index contributed by atoms with van der Waals surface area (Å²) in [5, 5.41) is 31.1. The fourth-order valence-corrected chi connectivity index (χ4v) is 5.25. The molecule has 8 nitrogen and oxygen atoms in total. The molecule has 3 N–H and O–H groups in total. The number of nitrogens with one attached hydrogen (secondary N) is 1. The fraction of sp³-hybridized carbons (Fsp3) is 0.423. The van der Waals surface area contributed by atoms with E-state index in [1.165, 1.54) is 11.6 Å². The smallest absolute Gasteiger partial charge is 0.200 e. The van der Waals surface area contributed by atoms with E-state index in [1.54, 1.807) is 12.1 Å². The quantitative estimate of drug-likeness (QED) is 0.376. The topological polar surface area (TPSA) is 113 Å². The summed E-state index contributed by atoms with van der Waals surface area (Å²) >= 11 is 0. The van der Waals surface area contributed by atoms with Crippen LogP contribution in [0.2, 0.25) is 0 Å². The van der Waals surface area contributed by atoms with Crippen LogP contribution in [0.25, 0.3) is 22.3 Å². The molecule has 5 rings (SSSR count). The van der Waals surface area contributed by atoms with E-state index in [-0.39, 0.29) is 11.7 Å². The number of ether oxygens (including phenoxy) is 2. The van der Waals surface area contributed by atoms with E-state index < -0.39 is 11.8 Å². The van der Waals surface area contributed by atoms with Gasteiger partial charge in [-0.3, -0.25) is 4.99 Å². The lowest BCUT2D eigenvalue weighted by atomic mass is 9.81. The Labute approximate surface area is 198 Å². The van der Waals surface area contributed by atoms with Crippen LogP contribution in [-0.4, -0.2) is 63.8 Å². The van der Waals surface area contributed by atoms with E-state index in [1.807, 2.05) is 18.2 Å². The van der Waals surface area contributed by atoms with Crippen LogP contribution in [0.3, 0.4) is 0 Å². The predicted octanol–water partition coefficient (Wildman–Crippen LogP) is 4.06. The Balaban J connectivity index is 1.60. The average molecular weight is 463 g/mol. The molecule has 0 spiro atoms. The van der Waals surface area contributed by atoms with Crippen LogP contribution in [0.5, 0.6) is 5.75 Å². The van der Waals surface area contributed by atoms with Crippen LogP contribution in [0.4, 0.5) is 0 Å². The normalized spacial score (nSPS) is 23.4. The highest BCUT2D eigenvalue weighted by Crippen LogP contribution is 2.43. The van der Waals surface area contributed by atoms with Gasteiger partial charge in [0, 0.05) is 42.4 Å². The molecule has 8 heteroatoms. The van der Waals surface area contributed by atoms with Crippen molar-refractivity contribution in [1.29, 1.82) is 0 Å². The van der Waals surface area contributed by atoms with Crippen LogP contribution < -0.4 is 0 Å². The summed E-state index contributed by atoms with van der Waals surface area (Å²) in [7, 11) is 0. The van der Waals surface area contributed by atoms with Crippen molar-refractivity contribution < 1.29 is 19.7 Å². The van der Waals surface area contributed by atoms with Gasteiger partial charge >= 0.3 is 0 Å². The van der Waals surface area contributed by atoms with Crippen LogP contribution in [0.15, 0.2) is 48.0 Å². The number of aromatic nitrogens is 3. The number of phenolic OH excluding ortho intramolecular Hbond substituents is 1. The molecule has 2 unspecified atom stereocenters. The van der Waals surface area contributed by atoms with Gasteiger partial charge in [0.05, 0.1) is 5.69 Å². The number of H-pyrrole nitrogens is 1. The number of aromatic amines is 1. The highest BCUT2D eigenvalue weighted by Gasteiger charge is 2.40. The van der Waals surface area contributed by atoms with E-state index in [9.17, 15) is 10.2 Å². The Bertz CT molecular complexity index is 1190. The SMILES string of the molecule is C=CC(O)(N=C)C1C[C@H](c2[nH]c3nnc(-c4ccccc4O)cc3c2C2CCOCC2)CCO1. The molecule has 178 valence electrons. The molecule has 3 aromatic rings. The summed E-state index contributed by atoms with van der Waals surface area (Å²) < 4.78 is 11.5. The minimum Gasteiger partial charge on any atom is -0.507 e. The van der Waals surface area contributed by atoms with Crippen molar-refractivity contribution in [1.82, 2.24) is 15.2 Å². The van der Waals surface area contributed by atoms with Gasteiger partial charge in [0.15, 0.2) is 5.65 Å².